The fourth-order valence-corrected chi connectivity index (χ4v) is 2.37. The molecule has 0 aliphatic carbocycles. The molecule has 1 aromatic heterocycles. The van der Waals surface area contributed by atoms with Crippen molar-refractivity contribution in [1.29, 1.82) is 0 Å². The van der Waals surface area contributed by atoms with Crippen LogP contribution in [0.25, 0.3) is 10.9 Å². The van der Waals surface area contributed by atoms with Gasteiger partial charge < -0.3 is 14.8 Å². The number of aromatic amines is 1. The van der Waals surface area contributed by atoms with Gasteiger partial charge in [-0.3, -0.25) is 4.79 Å². The molecule has 96 valence electrons. The second kappa shape index (κ2) is 4.72. The number of ether oxygens (including phenoxy) is 1. The summed E-state index contributed by atoms with van der Waals surface area (Å²) in [4.78, 5) is 14.0. The molecule has 0 aliphatic heterocycles. The maximum atomic E-state index is 10.7. The minimum absolute atomic E-state index is 0.143. The number of H-pyrrole nitrogens is 1. The fraction of sp³-hybridized carbons (Fsp3) is 0.357. The SMILES string of the molecule is COc1ccc(C)c2c(CCC(=O)O)c(C)[nH]c12. The summed E-state index contributed by atoms with van der Waals surface area (Å²) in [6.45, 7) is 4.00. The Balaban J connectivity index is 2.58. The van der Waals surface area contributed by atoms with Gasteiger partial charge in [0.05, 0.1) is 12.6 Å². The van der Waals surface area contributed by atoms with Crippen molar-refractivity contribution >= 4 is 16.9 Å². The number of aliphatic carboxylic acids is 1. The summed E-state index contributed by atoms with van der Waals surface area (Å²) in [6.07, 6.45) is 0.680. The molecule has 1 heterocycles. The fourth-order valence-electron chi connectivity index (χ4n) is 2.37. The Morgan fingerprint density at radius 3 is 2.72 bits per heavy atom. The van der Waals surface area contributed by atoms with Gasteiger partial charge in [0.15, 0.2) is 0 Å². The smallest absolute Gasteiger partial charge is 0.303 e. The summed E-state index contributed by atoms with van der Waals surface area (Å²) in [5, 5.41) is 9.90. The number of nitrogens with one attached hydrogen (secondary N) is 1. The molecule has 0 amide bonds. The number of aryl methyl sites for hydroxylation is 3. The van der Waals surface area contributed by atoms with Crippen molar-refractivity contribution < 1.29 is 14.6 Å². The number of carbonyl (C=O) groups is 1. The van der Waals surface area contributed by atoms with Crippen LogP contribution in [0, 0.1) is 13.8 Å². The predicted octanol–water partition coefficient (Wildman–Crippen LogP) is 2.81. The van der Waals surface area contributed by atoms with Crippen molar-refractivity contribution in [3.8, 4) is 5.75 Å². The Kier molecular flexibility index (Phi) is 3.28. The third-order valence-electron chi connectivity index (χ3n) is 3.25. The molecule has 0 fully saturated rings. The summed E-state index contributed by atoms with van der Waals surface area (Å²) < 4.78 is 5.33. The number of rotatable bonds is 4. The molecular weight excluding hydrogens is 230 g/mol. The quantitative estimate of drug-likeness (QED) is 0.873. The number of fused-ring (bicyclic) bond motifs is 1. The first kappa shape index (κ1) is 12.5. The molecule has 2 aromatic rings. The first-order valence-electron chi connectivity index (χ1n) is 5.91. The van der Waals surface area contributed by atoms with Crippen molar-refractivity contribution in [2.45, 2.75) is 26.7 Å². The van der Waals surface area contributed by atoms with E-state index in [9.17, 15) is 4.79 Å². The molecule has 0 bridgehead atoms. The molecule has 18 heavy (non-hydrogen) atoms. The molecule has 0 spiro atoms. The minimum Gasteiger partial charge on any atom is -0.495 e. The first-order chi connectivity index (χ1) is 8.54. The van der Waals surface area contributed by atoms with E-state index in [2.05, 4.69) is 4.98 Å². The van der Waals surface area contributed by atoms with Crippen molar-refractivity contribution in [2.75, 3.05) is 7.11 Å². The monoisotopic (exact) mass is 247 g/mol. The Hall–Kier alpha value is -1.97. The van der Waals surface area contributed by atoms with Gasteiger partial charge in [0.25, 0.3) is 0 Å². The van der Waals surface area contributed by atoms with E-state index in [4.69, 9.17) is 9.84 Å². The average Bonchev–Trinajstić information content (AvgIpc) is 2.65. The van der Waals surface area contributed by atoms with E-state index in [0.29, 0.717) is 6.42 Å². The van der Waals surface area contributed by atoms with Crippen molar-refractivity contribution in [1.82, 2.24) is 4.98 Å². The van der Waals surface area contributed by atoms with Gasteiger partial charge in [0.2, 0.25) is 0 Å². The minimum atomic E-state index is -0.774. The van der Waals surface area contributed by atoms with Gasteiger partial charge in [0, 0.05) is 17.5 Å². The molecule has 0 atom stereocenters. The van der Waals surface area contributed by atoms with E-state index in [1.165, 1.54) is 0 Å². The van der Waals surface area contributed by atoms with Crippen LogP contribution < -0.4 is 4.74 Å². The number of carboxylic acids is 1. The zero-order valence-electron chi connectivity index (χ0n) is 10.8. The highest BCUT2D eigenvalue weighted by Gasteiger charge is 2.14. The molecule has 0 unspecified atom stereocenters. The van der Waals surface area contributed by atoms with Crippen LogP contribution in [0.1, 0.15) is 23.2 Å². The van der Waals surface area contributed by atoms with E-state index in [0.717, 1.165) is 33.5 Å². The highest BCUT2D eigenvalue weighted by atomic mass is 16.5. The summed E-state index contributed by atoms with van der Waals surface area (Å²) in [6, 6.07) is 3.92. The van der Waals surface area contributed by atoms with Crippen LogP contribution in [0.3, 0.4) is 0 Å². The zero-order chi connectivity index (χ0) is 13.3. The number of aromatic nitrogens is 1. The van der Waals surface area contributed by atoms with Crippen LogP contribution in [0.2, 0.25) is 0 Å². The molecule has 1 aromatic carbocycles. The topological polar surface area (TPSA) is 62.3 Å². The van der Waals surface area contributed by atoms with E-state index in [1.54, 1.807) is 7.11 Å². The van der Waals surface area contributed by atoms with Gasteiger partial charge in [-0.25, -0.2) is 0 Å². The highest BCUT2D eigenvalue weighted by Crippen LogP contribution is 2.32. The Morgan fingerprint density at radius 1 is 1.39 bits per heavy atom. The highest BCUT2D eigenvalue weighted by molar-refractivity contribution is 5.92. The number of hydrogen-bond acceptors (Lipinski definition) is 2. The normalized spacial score (nSPS) is 10.8. The third kappa shape index (κ3) is 2.06. The second-order valence-electron chi connectivity index (χ2n) is 4.46. The Labute approximate surface area is 106 Å². The van der Waals surface area contributed by atoms with Crippen LogP contribution in [-0.2, 0) is 11.2 Å². The van der Waals surface area contributed by atoms with Crippen LogP contribution in [0.15, 0.2) is 12.1 Å². The standard InChI is InChI=1S/C14H17NO3/c1-8-4-6-11(18-3)14-13(8)10(9(2)15-14)5-7-12(16)17/h4,6,15H,5,7H2,1-3H3,(H,16,17). The van der Waals surface area contributed by atoms with E-state index in [1.807, 2.05) is 26.0 Å². The van der Waals surface area contributed by atoms with Crippen molar-refractivity contribution in [3.05, 3.63) is 29.0 Å². The van der Waals surface area contributed by atoms with Crippen molar-refractivity contribution in [2.24, 2.45) is 0 Å². The number of benzene rings is 1. The number of hydrogen-bond donors (Lipinski definition) is 2. The Morgan fingerprint density at radius 2 is 2.11 bits per heavy atom. The molecule has 4 heteroatoms. The van der Waals surface area contributed by atoms with Gasteiger partial charge in [0.1, 0.15) is 5.75 Å². The number of carboxylic acid groups (broad SMARTS) is 1. The van der Waals surface area contributed by atoms with Gasteiger partial charge in [-0.1, -0.05) is 6.07 Å². The summed E-state index contributed by atoms with van der Waals surface area (Å²) >= 11 is 0. The van der Waals surface area contributed by atoms with E-state index < -0.39 is 5.97 Å². The van der Waals surface area contributed by atoms with E-state index >= 15 is 0 Å². The van der Waals surface area contributed by atoms with Gasteiger partial charge in [-0.05, 0) is 37.5 Å². The third-order valence-corrected chi connectivity index (χ3v) is 3.25. The maximum Gasteiger partial charge on any atom is 0.303 e. The van der Waals surface area contributed by atoms with Crippen LogP contribution in [0.5, 0.6) is 5.75 Å². The molecule has 2 rings (SSSR count). The zero-order valence-corrected chi connectivity index (χ0v) is 10.8. The molecule has 0 saturated heterocycles. The lowest BCUT2D eigenvalue weighted by Crippen LogP contribution is -1.98. The lowest BCUT2D eigenvalue weighted by Gasteiger charge is -2.05. The largest absolute Gasteiger partial charge is 0.495 e. The van der Waals surface area contributed by atoms with Crippen LogP contribution in [-0.4, -0.2) is 23.2 Å². The molecule has 0 aliphatic rings. The molecule has 2 N–H and O–H groups in total. The lowest BCUT2D eigenvalue weighted by molar-refractivity contribution is -0.136. The van der Waals surface area contributed by atoms with Crippen LogP contribution in [0.4, 0.5) is 0 Å². The molecule has 0 saturated carbocycles. The molecule has 4 nitrogen and oxygen atoms in total. The average molecular weight is 247 g/mol. The van der Waals surface area contributed by atoms with Crippen molar-refractivity contribution in [3.63, 3.8) is 0 Å². The van der Waals surface area contributed by atoms with Crippen LogP contribution >= 0.6 is 0 Å². The van der Waals surface area contributed by atoms with E-state index in [-0.39, 0.29) is 6.42 Å². The lowest BCUT2D eigenvalue weighted by atomic mass is 10.0. The summed E-state index contributed by atoms with van der Waals surface area (Å²) in [5.41, 5.74) is 4.17. The molecular formula is C14H17NO3. The van der Waals surface area contributed by atoms with Gasteiger partial charge in [-0.2, -0.15) is 0 Å². The summed E-state index contributed by atoms with van der Waals surface area (Å²) in [5.74, 6) is 0.0181. The first-order valence-corrected chi connectivity index (χ1v) is 5.91. The number of methoxy groups -OCH3 is 1. The van der Waals surface area contributed by atoms with Gasteiger partial charge >= 0.3 is 5.97 Å². The summed E-state index contributed by atoms with van der Waals surface area (Å²) in [7, 11) is 1.64. The molecule has 0 radical (unpaired) electrons. The predicted molar refractivity (Wildman–Crippen MR) is 70.3 cm³/mol. The Bertz CT molecular complexity index is 599. The van der Waals surface area contributed by atoms with Gasteiger partial charge in [-0.15, -0.1) is 0 Å². The maximum absolute atomic E-state index is 10.7. The second-order valence-corrected chi connectivity index (χ2v) is 4.46.